The van der Waals surface area contributed by atoms with Crippen LogP contribution in [0.4, 0.5) is 5.69 Å². The molecule has 2 atom stereocenters. The summed E-state index contributed by atoms with van der Waals surface area (Å²) in [4.78, 5) is 4.43. The van der Waals surface area contributed by atoms with Gasteiger partial charge in [-0.05, 0) is 18.6 Å². The second kappa shape index (κ2) is 6.13. The second-order valence-corrected chi connectivity index (χ2v) is 4.99. The van der Waals surface area contributed by atoms with Crippen molar-refractivity contribution in [3.63, 3.8) is 0 Å². The number of para-hydroxylation sites is 2. The highest BCUT2D eigenvalue weighted by Crippen LogP contribution is 2.33. The number of nitrogens with zero attached hydrogens (tertiary/aromatic N) is 2. The highest BCUT2D eigenvalue weighted by molar-refractivity contribution is 5.57. The zero-order chi connectivity index (χ0) is 14.7. The maximum Gasteiger partial charge on any atom is 0.269 e. The van der Waals surface area contributed by atoms with Gasteiger partial charge in [0.05, 0.1) is 12.2 Å². The molecule has 1 aromatic heterocycles. The van der Waals surface area contributed by atoms with Crippen molar-refractivity contribution in [3.05, 3.63) is 36.0 Å². The van der Waals surface area contributed by atoms with Crippen LogP contribution in [0.2, 0.25) is 0 Å². The zero-order valence-corrected chi connectivity index (χ0v) is 12.2. The van der Waals surface area contributed by atoms with Crippen LogP contribution >= 0.6 is 0 Å². The van der Waals surface area contributed by atoms with Crippen LogP contribution in [-0.4, -0.2) is 23.8 Å². The van der Waals surface area contributed by atoms with E-state index >= 15 is 0 Å². The SMILES string of the molecule is CCCC(OC)c1noc(C2CNc3ccccc3O2)n1. The summed E-state index contributed by atoms with van der Waals surface area (Å²) >= 11 is 0. The number of benzene rings is 1. The van der Waals surface area contributed by atoms with Crippen LogP contribution < -0.4 is 10.1 Å². The summed E-state index contributed by atoms with van der Waals surface area (Å²) < 4.78 is 16.6. The van der Waals surface area contributed by atoms with E-state index in [1.165, 1.54) is 0 Å². The van der Waals surface area contributed by atoms with E-state index in [1.807, 2.05) is 24.3 Å². The van der Waals surface area contributed by atoms with E-state index < -0.39 is 0 Å². The first-order chi connectivity index (χ1) is 10.3. The molecule has 0 bridgehead atoms. The molecule has 1 aliphatic rings. The Bertz CT molecular complexity index is 599. The van der Waals surface area contributed by atoms with Crippen molar-refractivity contribution in [2.75, 3.05) is 19.0 Å². The van der Waals surface area contributed by atoms with Crippen molar-refractivity contribution in [3.8, 4) is 5.75 Å². The van der Waals surface area contributed by atoms with Crippen molar-refractivity contribution in [2.45, 2.75) is 32.0 Å². The molecule has 1 aromatic carbocycles. The van der Waals surface area contributed by atoms with Crippen LogP contribution in [-0.2, 0) is 4.74 Å². The Labute approximate surface area is 123 Å². The standard InChI is InChI=1S/C15H19N3O3/c1-3-6-12(19-2)14-17-15(21-18-14)13-9-16-10-7-4-5-8-11(10)20-13/h4-5,7-8,12-13,16H,3,6,9H2,1-2H3. The molecular weight excluding hydrogens is 270 g/mol. The van der Waals surface area contributed by atoms with Gasteiger partial charge in [-0.2, -0.15) is 4.98 Å². The summed E-state index contributed by atoms with van der Waals surface area (Å²) in [6.07, 6.45) is 1.45. The van der Waals surface area contributed by atoms with Crippen LogP contribution in [0.1, 0.15) is 43.7 Å². The number of anilines is 1. The Balaban J connectivity index is 1.75. The third kappa shape index (κ3) is 2.85. The molecule has 2 aromatic rings. The van der Waals surface area contributed by atoms with Gasteiger partial charge in [0.2, 0.25) is 5.82 Å². The van der Waals surface area contributed by atoms with Crippen molar-refractivity contribution >= 4 is 5.69 Å². The highest BCUT2D eigenvalue weighted by atomic mass is 16.5. The minimum atomic E-state index is -0.278. The molecule has 21 heavy (non-hydrogen) atoms. The number of nitrogens with one attached hydrogen (secondary N) is 1. The molecule has 0 fully saturated rings. The first-order valence-electron chi connectivity index (χ1n) is 7.17. The molecule has 6 heteroatoms. The van der Waals surface area contributed by atoms with Crippen molar-refractivity contribution in [2.24, 2.45) is 0 Å². The summed E-state index contributed by atoms with van der Waals surface area (Å²) in [5, 5.41) is 7.32. The predicted octanol–water partition coefficient (Wildman–Crippen LogP) is 3.10. The molecule has 0 saturated heterocycles. The van der Waals surface area contributed by atoms with E-state index in [0.29, 0.717) is 18.3 Å². The van der Waals surface area contributed by atoms with Crippen LogP contribution in [0, 0.1) is 0 Å². The topological polar surface area (TPSA) is 69.4 Å². The van der Waals surface area contributed by atoms with E-state index in [4.69, 9.17) is 14.0 Å². The van der Waals surface area contributed by atoms with Gasteiger partial charge in [0.25, 0.3) is 5.89 Å². The van der Waals surface area contributed by atoms with Gasteiger partial charge in [-0.15, -0.1) is 0 Å². The van der Waals surface area contributed by atoms with Gasteiger partial charge in [-0.25, -0.2) is 0 Å². The molecule has 3 rings (SSSR count). The summed E-state index contributed by atoms with van der Waals surface area (Å²) in [5.41, 5.74) is 0.981. The summed E-state index contributed by atoms with van der Waals surface area (Å²) in [6.45, 7) is 2.70. The lowest BCUT2D eigenvalue weighted by Gasteiger charge is -2.24. The van der Waals surface area contributed by atoms with Gasteiger partial charge < -0.3 is 19.3 Å². The van der Waals surface area contributed by atoms with E-state index in [1.54, 1.807) is 7.11 Å². The Morgan fingerprint density at radius 1 is 1.43 bits per heavy atom. The third-order valence-corrected chi connectivity index (χ3v) is 3.49. The fourth-order valence-corrected chi connectivity index (χ4v) is 2.37. The third-order valence-electron chi connectivity index (χ3n) is 3.49. The summed E-state index contributed by atoms with van der Waals surface area (Å²) in [6, 6.07) is 7.80. The number of hydrogen-bond donors (Lipinski definition) is 1. The smallest absolute Gasteiger partial charge is 0.269 e. The summed E-state index contributed by atoms with van der Waals surface area (Å²) in [7, 11) is 1.66. The minimum absolute atomic E-state index is 0.128. The van der Waals surface area contributed by atoms with Crippen LogP contribution in [0.15, 0.2) is 28.8 Å². The Morgan fingerprint density at radius 2 is 2.29 bits per heavy atom. The van der Waals surface area contributed by atoms with E-state index in [0.717, 1.165) is 24.3 Å². The van der Waals surface area contributed by atoms with Gasteiger partial charge >= 0.3 is 0 Å². The van der Waals surface area contributed by atoms with Crippen LogP contribution in [0.3, 0.4) is 0 Å². The van der Waals surface area contributed by atoms with E-state index in [9.17, 15) is 0 Å². The average molecular weight is 289 g/mol. The Kier molecular flexibility index (Phi) is 4.06. The van der Waals surface area contributed by atoms with Gasteiger partial charge in [0.15, 0.2) is 6.10 Å². The molecular formula is C15H19N3O3. The number of fused-ring (bicyclic) bond motifs is 1. The first-order valence-corrected chi connectivity index (χ1v) is 7.17. The number of ether oxygens (including phenoxy) is 2. The van der Waals surface area contributed by atoms with Gasteiger partial charge in [-0.3, -0.25) is 0 Å². The lowest BCUT2D eigenvalue weighted by atomic mass is 10.2. The van der Waals surface area contributed by atoms with Crippen molar-refractivity contribution in [1.29, 1.82) is 0 Å². The van der Waals surface area contributed by atoms with Gasteiger partial charge in [0.1, 0.15) is 11.9 Å². The number of hydrogen-bond acceptors (Lipinski definition) is 6. The molecule has 2 heterocycles. The Morgan fingerprint density at radius 3 is 3.10 bits per heavy atom. The lowest BCUT2D eigenvalue weighted by Crippen LogP contribution is -2.23. The Hall–Kier alpha value is -2.08. The largest absolute Gasteiger partial charge is 0.477 e. The number of aromatic nitrogens is 2. The number of methoxy groups -OCH3 is 1. The van der Waals surface area contributed by atoms with Crippen molar-refractivity contribution < 1.29 is 14.0 Å². The molecule has 0 aliphatic carbocycles. The highest BCUT2D eigenvalue weighted by Gasteiger charge is 2.27. The quantitative estimate of drug-likeness (QED) is 0.912. The maximum absolute atomic E-state index is 5.91. The van der Waals surface area contributed by atoms with E-state index in [2.05, 4.69) is 22.4 Å². The maximum atomic E-state index is 5.91. The molecule has 1 N–H and O–H groups in total. The van der Waals surface area contributed by atoms with E-state index in [-0.39, 0.29) is 12.2 Å². The molecule has 0 amide bonds. The second-order valence-electron chi connectivity index (χ2n) is 4.99. The molecule has 0 radical (unpaired) electrons. The van der Waals surface area contributed by atoms with Gasteiger partial charge in [-0.1, -0.05) is 30.6 Å². The predicted molar refractivity (Wildman–Crippen MR) is 77.3 cm³/mol. The average Bonchev–Trinajstić information content (AvgIpc) is 3.02. The fraction of sp³-hybridized carbons (Fsp3) is 0.467. The number of rotatable bonds is 5. The molecule has 1 aliphatic heterocycles. The monoisotopic (exact) mass is 289 g/mol. The summed E-state index contributed by atoms with van der Waals surface area (Å²) in [5.74, 6) is 1.85. The van der Waals surface area contributed by atoms with Gasteiger partial charge in [0, 0.05) is 7.11 Å². The molecule has 0 spiro atoms. The van der Waals surface area contributed by atoms with Crippen LogP contribution in [0.5, 0.6) is 5.75 Å². The van der Waals surface area contributed by atoms with Crippen LogP contribution in [0.25, 0.3) is 0 Å². The molecule has 0 saturated carbocycles. The first kappa shape index (κ1) is 13.9. The van der Waals surface area contributed by atoms with Crippen molar-refractivity contribution in [1.82, 2.24) is 10.1 Å². The molecule has 112 valence electrons. The zero-order valence-electron chi connectivity index (χ0n) is 12.2. The minimum Gasteiger partial charge on any atom is -0.477 e. The molecule has 6 nitrogen and oxygen atoms in total. The normalized spacial score (nSPS) is 18.5. The lowest BCUT2D eigenvalue weighted by molar-refractivity contribution is 0.0853. The fourth-order valence-electron chi connectivity index (χ4n) is 2.37. The molecule has 2 unspecified atom stereocenters.